The lowest BCUT2D eigenvalue weighted by Crippen LogP contribution is -2.23. The van der Waals surface area contributed by atoms with Gasteiger partial charge in [-0.1, -0.05) is 60.1 Å². The van der Waals surface area contributed by atoms with Gasteiger partial charge in [0, 0.05) is 49.6 Å². The number of ether oxygens (including phenoxy) is 3. The van der Waals surface area contributed by atoms with Crippen LogP contribution >= 0.6 is 59.4 Å². The van der Waals surface area contributed by atoms with Gasteiger partial charge in [-0.25, -0.2) is 4.79 Å². The van der Waals surface area contributed by atoms with Gasteiger partial charge in [-0.05, 0) is 142 Å². The van der Waals surface area contributed by atoms with Crippen LogP contribution in [0, 0.1) is 0 Å². The molecule has 0 N–H and O–H groups in total. The van der Waals surface area contributed by atoms with Gasteiger partial charge >= 0.3 is 5.97 Å². The quantitative estimate of drug-likeness (QED) is 0.0791. The van der Waals surface area contributed by atoms with Crippen molar-refractivity contribution in [3.8, 4) is 11.5 Å². The maximum Gasteiger partial charge on any atom is 0.341 e. The molecule has 0 fully saturated rings. The SMILES string of the molecule is COc1ccc(/C(=C\C2(/C=C(\c3ccc(OC)cc3)c3ccc(N(C)C)cc3)OC(=O)c3c(Br)c(Cl)c(Br)c(Br)c32)c2ccc(N(C)C)cc2)cc1. The highest BCUT2D eigenvalue weighted by Gasteiger charge is 2.48. The Labute approximate surface area is 335 Å². The van der Waals surface area contributed by atoms with Crippen molar-refractivity contribution in [2.75, 3.05) is 52.2 Å². The summed E-state index contributed by atoms with van der Waals surface area (Å²) < 4.78 is 19.3. The van der Waals surface area contributed by atoms with E-state index in [4.69, 9.17) is 25.8 Å². The first kappa shape index (κ1) is 37.7. The van der Waals surface area contributed by atoms with Crippen molar-refractivity contribution < 1.29 is 19.0 Å². The van der Waals surface area contributed by atoms with E-state index in [0.717, 1.165) is 56.3 Å². The first-order valence-corrected chi connectivity index (χ1v) is 19.0. The predicted molar refractivity (Wildman–Crippen MR) is 223 cm³/mol. The van der Waals surface area contributed by atoms with Crippen LogP contribution < -0.4 is 19.3 Å². The largest absolute Gasteiger partial charge is 0.497 e. The Bertz CT molecular complexity index is 2070. The minimum Gasteiger partial charge on any atom is -0.497 e. The summed E-state index contributed by atoms with van der Waals surface area (Å²) in [5.74, 6) is 0.941. The van der Waals surface area contributed by atoms with E-state index in [0.29, 0.717) is 29.6 Å². The number of benzene rings is 5. The molecule has 0 bridgehead atoms. The zero-order valence-corrected chi connectivity index (χ0v) is 34.9. The van der Waals surface area contributed by atoms with Crippen LogP contribution in [-0.4, -0.2) is 48.4 Å². The molecule has 5 aromatic rings. The van der Waals surface area contributed by atoms with E-state index in [1.807, 2.05) is 88.9 Å². The molecule has 1 heterocycles. The third kappa shape index (κ3) is 7.29. The highest BCUT2D eigenvalue weighted by atomic mass is 79.9. The van der Waals surface area contributed by atoms with Gasteiger partial charge in [-0.15, -0.1) is 0 Å². The lowest BCUT2D eigenvalue weighted by atomic mass is 9.83. The molecule has 6 rings (SSSR count). The fourth-order valence-electron chi connectivity index (χ4n) is 6.21. The molecule has 0 unspecified atom stereocenters. The molecule has 0 radical (unpaired) electrons. The fraction of sp³-hybridized carbons (Fsp3) is 0.167. The molecule has 10 heteroatoms. The molecule has 0 spiro atoms. The highest BCUT2D eigenvalue weighted by Crippen LogP contribution is 2.53. The standard InChI is InChI=1S/C42H36Br3ClN2O4/c1-47(2)29-15-7-25(8-16-29)33(27-11-19-31(50-5)20-12-27)23-42(36-35(41(49)52-42)37(43)40(46)39(45)38(36)44)24-34(28-13-21-32(51-6)22-14-28)26-9-17-30(18-10-26)48(3)4/h7-24H,1-6H3/b33-23-,34-24-. The second-order valence-electron chi connectivity index (χ2n) is 12.6. The predicted octanol–water partition coefficient (Wildman–Crippen LogP) is 11.4. The molecule has 6 nitrogen and oxygen atoms in total. The van der Waals surface area contributed by atoms with Crippen LogP contribution in [0.15, 0.2) is 123 Å². The van der Waals surface area contributed by atoms with E-state index in [1.54, 1.807) is 14.2 Å². The lowest BCUT2D eigenvalue weighted by molar-refractivity contribution is 0.0298. The van der Waals surface area contributed by atoms with E-state index in [2.05, 4.69) is 106 Å². The van der Waals surface area contributed by atoms with Crippen LogP contribution in [-0.2, 0) is 10.3 Å². The zero-order valence-electron chi connectivity index (χ0n) is 29.4. The summed E-state index contributed by atoms with van der Waals surface area (Å²) in [6, 6.07) is 32.3. The topological polar surface area (TPSA) is 51.2 Å². The molecule has 266 valence electrons. The van der Waals surface area contributed by atoms with Gasteiger partial charge < -0.3 is 24.0 Å². The Kier molecular flexibility index (Phi) is 11.3. The molecule has 0 saturated heterocycles. The number of fused-ring (bicyclic) bond motifs is 1. The van der Waals surface area contributed by atoms with Crippen molar-refractivity contribution in [1.82, 2.24) is 0 Å². The molecule has 0 saturated carbocycles. The molecule has 0 aliphatic carbocycles. The number of esters is 1. The number of halogens is 4. The van der Waals surface area contributed by atoms with Crippen molar-refractivity contribution in [2.24, 2.45) is 0 Å². The summed E-state index contributed by atoms with van der Waals surface area (Å²) >= 11 is 17.9. The van der Waals surface area contributed by atoms with Gasteiger partial charge in [0.15, 0.2) is 5.60 Å². The average molecular weight is 908 g/mol. The number of hydrogen-bond donors (Lipinski definition) is 0. The number of carbonyl (C=O) groups excluding carboxylic acids is 1. The van der Waals surface area contributed by atoms with Gasteiger partial charge in [0.05, 0.1) is 33.8 Å². The summed E-state index contributed by atoms with van der Waals surface area (Å²) in [5.41, 5.74) is 6.96. The molecule has 0 atom stereocenters. The van der Waals surface area contributed by atoms with Crippen LogP contribution in [0.25, 0.3) is 11.1 Å². The maximum atomic E-state index is 14.2. The summed E-state index contributed by atoms with van der Waals surface area (Å²) in [6.45, 7) is 0. The molecule has 0 amide bonds. The van der Waals surface area contributed by atoms with Crippen molar-refractivity contribution >= 4 is 87.9 Å². The van der Waals surface area contributed by atoms with E-state index in [1.165, 1.54) is 0 Å². The van der Waals surface area contributed by atoms with Crippen molar-refractivity contribution in [2.45, 2.75) is 5.60 Å². The molecule has 1 aliphatic rings. The summed E-state index contributed by atoms with van der Waals surface area (Å²) in [6.07, 6.45) is 4.05. The first-order chi connectivity index (χ1) is 24.9. The Morgan fingerprint density at radius 1 is 0.615 bits per heavy atom. The molecule has 1 aliphatic heterocycles. The number of anilines is 2. The van der Waals surface area contributed by atoms with Crippen molar-refractivity contribution in [3.05, 3.63) is 161 Å². The fourth-order valence-corrected chi connectivity index (χ4v) is 8.44. The van der Waals surface area contributed by atoms with Gasteiger partial charge in [0.1, 0.15) is 11.5 Å². The molecular formula is C42H36Br3ClN2O4. The van der Waals surface area contributed by atoms with E-state index in [-0.39, 0.29) is 0 Å². The Hall–Kier alpha value is -4.02. The van der Waals surface area contributed by atoms with Gasteiger partial charge in [0.25, 0.3) is 0 Å². The third-order valence-corrected chi connectivity index (χ3v) is 12.8. The number of cyclic esters (lactones) is 1. The van der Waals surface area contributed by atoms with Crippen LogP contribution in [0.5, 0.6) is 11.5 Å². The first-order valence-electron chi connectivity index (χ1n) is 16.3. The van der Waals surface area contributed by atoms with Gasteiger partial charge in [-0.3, -0.25) is 0 Å². The Morgan fingerprint density at radius 3 is 1.33 bits per heavy atom. The van der Waals surface area contributed by atoms with Gasteiger partial charge in [-0.2, -0.15) is 0 Å². The smallest absolute Gasteiger partial charge is 0.341 e. The maximum absolute atomic E-state index is 14.2. The summed E-state index contributed by atoms with van der Waals surface area (Å²) in [4.78, 5) is 18.3. The molecule has 0 aromatic heterocycles. The van der Waals surface area contributed by atoms with Crippen LogP contribution in [0.1, 0.15) is 38.2 Å². The number of nitrogens with zero attached hydrogens (tertiary/aromatic N) is 2. The van der Waals surface area contributed by atoms with Gasteiger partial charge in [0.2, 0.25) is 0 Å². The molecular weight excluding hydrogens is 872 g/mol. The number of carbonyl (C=O) groups is 1. The number of hydrogen-bond acceptors (Lipinski definition) is 6. The summed E-state index contributed by atoms with van der Waals surface area (Å²) in [7, 11) is 11.3. The van der Waals surface area contributed by atoms with Crippen molar-refractivity contribution in [3.63, 3.8) is 0 Å². The Morgan fingerprint density at radius 2 is 0.981 bits per heavy atom. The summed E-state index contributed by atoms with van der Waals surface area (Å²) in [5, 5.41) is 0.357. The van der Waals surface area contributed by atoms with E-state index in [9.17, 15) is 4.79 Å². The number of rotatable bonds is 10. The highest BCUT2D eigenvalue weighted by molar-refractivity contribution is 9.13. The average Bonchev–Trinajstić information content (AvgIpc) is 3.45. The van der Waals surface area contributed by atoms with Crippen LogP contribution in [0.2, 0.25) is 5.02 Å². The lowest BCUT2D eigenvalue weighted by Gasteiger charge is -2.28. The molecule has 5 aromatic carbocycles. The Balaban J connectivity index is 1.74. The number of methoxy groups -OCH3 is 2. The monoisotopic (exact) mass is 904 g/mol. The second kappa shape index (κ2) is 15.5. The third-order valence-electron chi connectivity index (χ3n) is 9.03. The molecule has 52 heavy (non-hydrogen) atoms. The van der Waals surface area contributed by atoms with E-state index < -0.39 is 11.6 Å². The minimum atomic E-state index is -1.44. The second-order valence-corrected chi connectivity index (χ2v) is 15.4. The van der Waals surface area contributed by atoms with E-state index >= 15 is 0 Å². The zero-order chi connectivity index (χ0) is 37.3. The van der Waals surface area contributed by atoms with Crippen LogP contribution in [0.4, 0.5) is 11.4 Å². The van der Waals surface area contributed by atoms with Crippen molar-refractivity contribution in [1.29, 1.82) is 0 Å². The normalized spacial score (nSPS) is 13.8. The van der Waals surface area contributed by atoms with Crippen LogP contribution in [0.3, 0.4) is 0 Å². The minimum absolute atomic E-state index is 0.335.